The lowest BCUT2D eigenvalue weighted by Crippen LogP contribution is -1.80. The van der Waals surface area contributed by atoms with Crippen LogP contribution in [0.4, 0.5) is 0 Å². The molecule has 21 heavy (non-hydrogen) atoms. The molecule has 0 unspecified atom stereocenters. The number of rotatable bonds is 3. The third-order valence-corrected chi connectivity index (χ3v) is 4.38. The molecule has 102 valence electrons. The van der Waals surface area contributed by atoms with Crippen LogP contribution < -0.4 is 0 Å². The van der Waals surface area contributed by atoms with Crippen LogP contribution in [0, 0.1) is 0 Å². The Morgan fingerprint density at radius 1 is 0.857 bits per heavy atom. The summed E-state index contributed by atoms with van der Waals surface area (Å²) in [5.41, 5.74) is 3.54. The Labute approximate surface area is 127 Å². The van der Waals surface area contributed by atoms with Crippen molar-refractivity contribution in [3.05, 3.63) is 79.1 Å². The van der Waals surface area contributed by atoms with Gasteiger partial charge in [-0.2, -0.15) is 0 Å². The molecule has 1 N–H and O–H groups in total. The van der Waals surface area contributed by atoms with Crippen molar-refractivity contribution in [3.63, 3.8) is 0 Å². The predicted molar refractivity (Wildman–Crippen MR) is 89.4 cm³/mol. The number of nitrogens with zero attached hydrogens (tertiary/aromatic N) is 1. The highest BCUT2D eigenvalue weighted by Gasteiger charge is 2.05. The Hall–Kier alpha value is -2.39. The van der Waals surface area contributed by atoms with Gasteiger partial charge in [-0.05, 0) is 42.3 Å². The summed E-state index contributed by atoms with van der Waals surface area (Å²) < 4.78 is 2.14. The molecule has 2 nitrogen and oxygen atoms in total. The monoisotopic (exact) mass is 290 g/mol. The number of benzene rings is 2. The molecule has 0 radical (unpaired) electrons. The van der Waals surface area contributed by atoms with Crippen molar-refractivity contribution < 1.29 is 0 Å². The van der Waals surface area contributed by atoms with E-state index in [2.05, 4.69) is 82.0 Å². The van der Waals surface area contributed by atoms with E-state index in [-0.39, 0.29) is 0 Å². The van der Waals surface area contributed by atoms with Crippen molar-refractivity contribution in [1.29, 1.82) is 0 Å². The maximum Gasteiger partial charge on any atom is 0.0480 e. The number of aromatic nitrogens is 2. The second-order valence-electron chi connectivity index (χ2n) is 4.93. The third kappa shape index (κ3) is 2.48. The zero-order chi connectivity index (χ0) is 14.1. The van der Waals surface area contributed by atoms with Crippen molar-refractivity contribution in [3.8, 4) is 11.3 Å². The first kappa shape index (κ1) is 12.4. The number of H-pyrrole nitrogens is 1. The van der Waals surface area contributed by atoms with Crippen LogP contribution in [0.25, 0.3) is 22.2 Å². The quantitative estimate of drug-likeness (QED) is 0.550. The molecular formula is C18H14N2S. The average Bonchev–Trinajstić information content (AvgIpc) is 3.14. The number of hydrogen-bond acceptors (Lipinski definition) is 1. The zero-order valence-electron chi connectivity index (χ0n) is 11.4. The normalized spacial score (nSPS) is 11.0. The molecule has 4 rings (SSSR count). The minimum atomic E-state index is 1.16. The smallest absolute Gasteiger partial charge is 0.0480 e. The van der Waals surface area contributed by atoms with Crippen molar-refractivity contribution in [2.24, 2.45) is 0 Å². The fraction of sp³-hybridized carbons (Fsp3) is 0. The molecule has 0 bridgehead atoms. The van der Waals surface area contributed by atoms with Crippen LogP contribution in [0.1, 0.15) is 0 Å². The summed E-state index contributed by atoms with van der Waals surface area (Å²) in [5, 5.41) is 1.25. The van der Waals surface area contributed by atoms with E-state index in [9.17, 15) is 0 Å². The second-order valence-corrected chi connectivity index (χ2v) is 6.01. The first-order valence-corrected chi connectivity index (χ1v) is 7.65. The maximum absolute atomic E-state index is 3.47. The Morgan fingerprint density at radius 2 is 1.67 bits per heavy atom. The molecule has 0 saturated heterocycles. The summed E-state index contributed by atoms with van der Waals surface area (Å²) >= 11 is 1.71. The second kappa shape index (κ2) is 5.19. The van der Waals surface area contributed by atoms with Crippen LogP contribution in [0.3, 0.4) is 0 Å². The van der Waals surface area contributed by atoms with Gasteiger partial charge in [-0.15, -0.1) is 0 Å². The van der Waals surface area contributed by atoms with Crippen LogP contribution in [0.5, 0.6) is 0 Å². The van der Waals surface area contributed by atoms with Crippen LogP contribution in [-0.2, 0) is 0 Å². The lowest BCUT2D eigenvalue weighted by molar-refractivity contribution is 1.27. The first-order valence-electron chi connectivity index (χ1n) is 6.88. The van der Waals surface area contributed by atoms with Gasteiger partial charge >= 0.3 is 0 Å². The third-order valence-electron chi connectivity index (χ3n) is 3.46. The molecule has 4 aromatic rings. The van der Waals surface area contributed by atoms with E-state index in [1.807, 2.05) is 6.07 Å². The summed E-state index contributed by atoms with van der Waals surface area (Å²) in [5.74, 6) is 0. The Morgan fingerprint density at radius 3 is 2.52 bits per heavy atom. The maximum atomic E-state index is 3.47. The van der Waals surface area contributed by atoms with E-state index in [1.165, 1.54) is 21.4 Å². The predicted octanol–water partition coefficient (Wildman–Crippen LogP) is 5.19. The van der Waals surface area contributed by atoms with E-state index in [0.29, 0.717) is 0 Å². The number of para-hydroxylation sites is 1. The molecule has 0 amide bonds. The molecule has 0 fully saturated rings. The topological polar surface area (TPSA) is 20.7 Å². The van der Waals surface area contributed by atoms with Crippen molar-refractivity contribution in [2.45, 2.75) is 4.90 Å². The Bertz CT molecular complexity index is 841. The molecule has 0 atom stereocenters. The molecule has 3 heteroatoms. The number of nitrogens with one attached hydrogen (secondary N) is 1. The lowest BCUT2D eigenvalue weighted by atomic mass is 10.2. The molecule has 0 saturated carbocycles. The van der Waals surface area contributed by atoms with Gasteiger partial charge in [0.15, 0.2) is 0 Å². The lowest BCUT2D eigenvalue weighted by Gasteiger charge is -2.00. The summed E-state index contributed by atoms with van der Waals surface area (Å²) in [4.78, 5) is 4.70. The van der Waals surface area contributed by atoms with Gasteiger partial charge in [-0.25, -0.2) is 0 Å². The van der Waals surface area contributed by atoms with Gasteiger partial charge in [0.25, 0.3) is 0 Å². The summed E-state index contributed by atoms with van der Waals surface area (Å²) in [6.45, 7) is 0. The van der Waals surface area contributed by atoms with Gasteiger partial charge < -0.3 is 4.98 Å². The van der Waals surface area contributed by atoms with Gasteiger partial charge in [0.1, 0.15) is 0 Å². The summed E-state index contributed by atoms with van der Waals surface area (Å²) in [6.07, 6.45) is 4.25. The van der Waals surface area contributed by atoms with Crippen molar-refractivity contribution >= 4 is 22.9 Å². The van der Waals surface area contributed by atoms with E-state index in [1.54, 1.807) is 11.9 Å². The fourth-order valence-corrected chi connectivity index (χ4v) is 3.24. The molecule has 0 aliphatic carbocycles. The van der Waals surface area contributed by atoms with E-state index in [4.69, 9.17) is 0 Å². The van der Waals surface area contributed by atoms with E-state index >= 15 is 0 Å². The highest BCUT2D eigenvalue weighted by atomic mass is 32.2. The van der Waals surface area contributed by atoms with E-state index in [0.717, 1.165) is 5.69 Å². The average molecular weight is 290 g/mol. The SMILES string of the molecule is c1ccc(Sn2ccc(-c3cc4ccccc4[nH]3)c2)cc1. The van der Waals surface area contributed by atoms with Gasteiger partial charge in [0, 0.05) is 39.4 Å². The van der Waals surface area contributed by atoms with Crippen molar-refractivity contribution in [2.75, 3.05) is 0 Å². The minimum absolute atomic E-state index is 1.16. The Kier molecular flexibility index (Phi) is 3.05. The van der Waals surface area contributed by atoms with Crippen LogP contribution >= 0.6 is 11.9 Å². The molecule has 0 aliphatic heterocycles. The van der Waals surface area contributed by atoms with Crippen molar-refractivity contribution in [1.82, 2.24) is 8.96 Å². The summed E-state index contributed by atoms with van der Waals surface area (Å²) in [7, 11) is 0. The molecule has 0 aliphatic rings. The number of hydrogen-bond donors (Lipinski definition) is 1. The first-order chi connectivity index (χ1) is 10.4. The molecule has 2 aromatic carbocycles. The van der Waals surface area contributed by atoms with Gasteiger partial charge in [-0.1, -0.05) is 36.4 Å². The zero-order valence-corrected chi connectivity index (χ0v) is 12.2. The number of aromatic amines is 1. The van der Waals surface area contributed by atoms with Crippen LogP contribution in [-0.4, -0.2) is 8.96 Å². The summed E-state index contributed by atoms with van der Waals surface area (Å²) in [6, 6.07) is 23.1. The van der Waals surface area contributed by atoms with Gasteiger partial charge in [0.2, 0.25) is 0 Å². The molecular weight excluding hydrogens is 276 g/mol. The van der Waals surface area contributed by atoms with Crippen LogP contribution in [0.15, 0.2) is 84.0 Å². The van der Waals surface area contributed by atoms with Gasteiger partial charge in [-0.3, -0.25) is 3.97 Å². The largest absolute Gasteiger partial charge is 0.354 e. The standard InChI is InChI=1S/C18H14N2S/c1-2-7-16(8-3-1)21-20-11-10-15(13-20)18-12-14-6-4-5-9-17(14)19-18/h1-13,19H. The highest BCUT2D eigenvalue weighted by molar-refractivity contribution is 7.97. The molecule has 2 heterocycles. The van der Waals surface area contributed by atoms with E-state index < -0.39 is 0 Å². The number of fused-ring (bicyclic) bond motifs is 1. The molecule has 0 spiro atoms. The van der Waals surface area contributed by atoms with Crippen LogP contribution in [0.2, 0.25) is 0 Å². The fourth-order valence-electron chi connectivity index (χ4n) is 2.42. The molecule has 2 aromatic heterocycles. The minimum Gasteiger partial charge on any atom is -0.354 e. The van der Waals surface area contributed by atoms with Gasteiger partial charge in [0.05, 0.1) is 0 Å². The highest BCUT2D eigenvalue weighted by Crippen LogP contribution is 2.27. The Balaban J connectivity index is 1.64.